The van der Waals surface area contributed by atoms with Crippen LogP contribution in [0.25, 0.3) is 0 Å². The predicted molar refractivity (Wildman–Crippen MR) is 97.5 cm³/mol. The second-order valence-electron chi connectivity index (χ2n) is 7.58. The normalized spacial score (nSPS) is 22.5. The summed E-state index contributed by atoms with van der Waals surface area (Å²) in [6.45, 7) is 4.41. The SMILES string of the molecule is Cc1nc2c(c(=O)[nH]1)CCC21CCCN(Cc2cccc(C(=O)O)c2)C1. The zero-order valence-electron chi connectivity index (χ0n) is 14.9. The molecular formula is C20H23N3O3. The van der Waals surface area contributed by atoms with Crippen LogP contribution in [0, 0.1) is 6.92 Å². The third-order valence-corrected chi connectivity index (χ3v) is 5.73. The number of H-pyrrole nitrogens is 1. The van der Waals surface area contributed by atoms with E-state index < -0.39 is 5.97 Å². The predicted octanol–water partition coefficient (Wildman–Crippen LogP) is 2.26. The minimum atomic E-state index is -0.898. The first-order chi connectivity index (χ1) is 12.5. The summed E-state index contributed by atoms with van der Waals surface area (Å²) in [7, 11) is 0. The Morgan fingerprint density at radius 2 is 2.23 bits per heavy atom. The van der Waals surface area contributed by atoms with E-state index in [1.807, 2.05) is 13.0 Å². The average molecular weight is 353 g/mol. The lowest BCUT2D eigenvalue weighted by Crippen LogP contribution is -2.45. The summed E-state index contributed by atoms with van der Waals surface area (Å²) in [5, 5.41) is 9.19. The number of benzene rings is 1. The van der Waals surface area contributed by atoms with Gasteiger partial charge < -0.3 is 10.1 Å². The highest BCUT2D eigenvalue weighted by atomic mass is 16.4. The molecule has 26 heavy (non-hydrogen) atoms. The van der Waals surface area contributed by atoms with Gasteiger partial charge in [-0.2, -0.15) is 0 Å². The Hall–Kier alpha value is -2.47. The van der Waals surface area contributed by atoms with Crippen molar-refractivity contribution in [2.75, 3.05) is 13.1 Å². The first-order valence-corrected chi connectivity index (χ1v) is 9.12. The number of aromatic carboxylic acids is 1. The molecule has 1 atom stereocenters. The largest absolute Gasteiger partial charge is 0.478 e. The summed E-state index contributed by atoms with van der Waals surface area (Å²) in [5.41, 5.74) is 3.14. The van der Waals surface area contributed by atoms with Crippen molar-refractivity contribution in [3.63, 3.8) is 0 Å². The van der Waals surface area contributed by atoms with Gasteiger partial charge in [-0.1, -0.05) is 12.1 Å². The number of rotatable bonds is 3. The molecule has 2 aromatic rings. The van der Waals surface area contributed by atoms with Crippen LogP contribution in [0.5, 0.6) is 0 Å². The second-order valence-corrected chi connectivity index (χ2v) is 7.58. The second kappa shape index (κ2) is 6.36. The highest BCUT2D eigenvalue weighted by Gasteiger charge is 2.44. The summed E-state index contributed by atoms with van der Waals surface area (Å²) >= 11 is 0. The van der Waals surface area contributed by atoms with Gasteiger partial charge in [-0.3, -0.25) is 9.69 Å². The third-order valence-electron chi connectivity index (χ3n) is 5.73. The standard InChI is InChI=1S/C20H23N3O3/c1-13-21-17-16(18(24)22-13)6-8-20(17)7-3-9-23(12-20)11-14-4-2-5-15(10-14)19(25)26/h2,4-5,10H,3,6-9,11-12H2,1H3,(H,25,26)(H,21,22,24). The van der Waals surface area contributed by atoms with E-state index in [9.17, 15) is 14.7 Å². The van der Waals surface area contributed by atoms with Crippen LogP contribution in [-0.2, 0) is 18.4 Å². The Morgan fingerprint density at radius 1 is 1.38 bits per heavy atom. The number of hydrogen-bond acceptors (Lipinski definition) is 4. The average Bonchev–Trinajstić information content (AvgIpc) is 2.93. The molecule has 1 spiro atoms. The lowest BCUT2D eigenvalue weighted by atomic mass is 9.77. The van der Waals surface area contributed by atoms with Crippen molar-refractivity contribution in [2.45, 2.75) is 44.6 Å². The molecule has 1 unspecified atom stereocenters. The number of aryl methyl sites for hydroxylation is 1. The maximum absolute atomic E-state index is 12.3. The van der Waals surface area contributed by atoms with Crippen LogP contribution in [0.4, 0.5) is 0 Å². The van der Waals surface area contributed by atoms with Gasteiger partial charge in [0, 0.05) is 24.1 Å². The van der Waals surface area contributed by atoms with Crippen LogP contribution in [0.2, 0.25) is 0 Å². The topological polar surface area (TPSA) is 86.3 Å². The lowest BCUT2D eigenvalue weighted by Gasteiger charge is -2.40. The third kappa shape index (κ3) is 2.94. The summed E-state index contributed by atoms with van der Waals surface area (Å²) in [6.07, 6.45) is 3.88. The molecule has 0 bridgehead atoms. The van der Waals surface area contributed by atoms with Gasteiger partial charge in [0.1, 0.15) is 5.82 Å². The van der Waals surface area contributed by atoms with Crippen molar-refractivity contribution in [3.05, 3.63) is 62.8 Å². The van der Waals surface area contributed by atoms with Gasteiger partial charge in [-0.15, -0.1) is 0 Å². The van der Waals surface area contributed by atoms with E-state index in [4.69, 9.17) is 4.98 Å². The maximum Gasteiger partial charge on any atom is 0.335 e. The number of hydrogen-bond donors (Lipinski definition) is 2. The zero-order chi connectivity index (χ0) is 18.3. The van der Waals surface area contributed by atoms with E-state index in [2.05, 4.69) is 9.88 Å². The number of carbonyl (C=O) groups is 1. The first-order valence-electron chi connectivity index (χ1n) is 9.12. The van der Waals surface area contributed by atoms with Gasteiger partial charge in [0.2, 0.25) is 0 Å². The van der Waals surface area contributed by atoms with E-state index >= 15 is 0 Å². The fraction of sp³-hybridized carbons (Fsp3) is 0.450. The maximum atomic E-state index is 12.3. The minimum Gasteiger partial charge on any atom is -0.478 e. The molecule has 1 aromatic carbocycles. The summed E-state index contributed by atoms with van der Waals surface area (Å²) in [6, 6.07) is 7.15. The van der Waals surface area contributed by atoms with Gasteiger partial charge in [-0.05, 0) is 56.8 Å². The van der Waals surface area contributed by atoms with Gasteiger partial charge in [0.15, 0.2) is 0 Å². The number of likely N-dealkylation sites (tertiary alicyclic amines) is 1. The zero-order valence-corrected chi connectivity index (χ0v) is 14.9. The summed E-state index contributed by atoms with van der Waals surface area (Å²) < 4.78 is 0. The number of carboxylic acid groups (broad SMARTS) is 1. The highest BCUT2D eigenvalue weighted by Crippen LogP contribution is 2.43. The van der Waals surface area contributed by atoms with E-state index in [1.54, 1.807) is 18.2 Å². The van der Waals surface area contributed by atoms with Gasteiger partial charge >= 0.3 is 5.97 Å². The quantitative estimate of drug-likeness (QED) is 0.884. The first kappa shape index (κ1) is 17.0. The number of aromatic nitrogens is 2. The van der Waals surface area contributed by atoms with Crippen LogP contribution < -0.4 is 5.56 Å². The minimum absolute atomic E-state index is 0.00987. The van der Waals surface area contributed by atoms with E-state index in [0.29, 0.717) is 11.4 Å². The summed E-state index contributed by atoms with van der Waals surface area (Å²) in [5.74, 6) is -0.216. The monoisotopic (exact) mass is 353 g/mol. The molecule has 136 valence electrons. The van der Waals surface area contributed by atoms with Crippen LogP contribution in [0.3, 0.4) is 0 Å². The number of piperidine rings is 1. The molecule has 2 N–H and O–H groups in total. The molecule has 4 rings (SSSR count). The molecule has 2 heterocycles. The van der Waals surface area contributed by atoms with Gasteiger partial charge in [0.05, 0.1) is 11.3 Å². The molecule has 1 aliphatic heterocycles. The van der Waals surface area contributed by atoms with Crippen LogP contribution in [0.1, 0.15) is 52.3 Å². The molecule has 0 radical (unpaired) electrons. The lowest BCUT2D eigenvalue weighted by molar-refractivity contribution is 0.0696. The Kier molecular flexibility index (Phi) is 4.15. The summed E-state index contributed by atoms with van der Waals surface area (Å²) in [4.78, 5) is 33.4. The van der Waals surface area contributed by atoms with Crippen molar-refractivity contribution in [1.82, 2.24) is 14.9 Å². The Labute approximate surface area is 151 Å². The van der Waals surface area contributed by atoms with Crippen molar-refractivity contribution < 1.29 is 9.90 Å². The van der Waals surface area contributed by atoms with E-state index in [1.165, 1.54) is 0 Å². The molecule has 1 aliphatic carbocycles. The molecule has 2 aliphatic rings. The number of nitrogens with one attached hydrogen (secondary N) is 1. The Balaban J connectivity index is 1.59. The molecule has 6 nitrogen and oxygen atoms in total. The fourth-order valence-electron chi connectivity index (χ4n) is 4.58. The number of aromatic amines is 1. The van der Waals surface area contributed by atoms with E-state index in [0.717, 1.165) is 62.1 Å². The highest BCUT2D eigenvalue weighted by molar-refractivity contribution is 5.87. The fourth-order valence-corrected chi connectivity index (χ4v) is 4.58. The van der Waals surface area contributed by atoms with Crippen LogP contribution in [-0.4, -0.2) is 39.0 Å². The van der Waals surface area contributed by atoms with Crippen molar-refractivity contribution in [2.24, 2.45) is 0 Å². The Bertz CT molecular complexity index is 921. The molecule has 6 heteroatoms. The molecule has 1 saturated heterocycles. The van der Waals surface area contributed by atoms with Crippen LogP contribution in [0.15, 0.2) is 29.1 Å². The van der Waals surface area contributed by atoms with Gasteiger partial charge in [-0.25, -0.2) is 9.78 Å². The van der Waals surface area contributed by atoms with Crippen molar-refractivity contribution in [1.29, 1.82) is 0 Å². The molecule has 1 aromatic heterocycles. The molecular weight excluding hydrogens is 330 g/mol. The van der Waals surface area contributed by atoms with Gasteiger partial charge in [0.25, 0.3) is 5.56 Å². The number of carboxylic acids is 1. The van der Waals surface area contributed by atoms with Crippen LogP contribution >= 0.6 is 0 Å². The smallest absolute Gasteiger partial charge is 0.335 e. The number of fused-ring (bicyclic) bond motifs is 2. The molecule has 1 fully saturated rings. The van der Waals surface area contributed by atoms with Crippen molar-refractivity contribution in [3.8, 4) is 0 Å². The Morgan fingerprint density at radius 3 is 3.04 bits per heavy atom. The van der Waals surface area contributed by atoms with E-state index in [-0.39, 0.29) is 11.0 Å². The van der Waals surface area contributed by atoms with Crippen molar-refractivity contribution >= 4 is 5.97 Å². The molecule has 0 saturated carbocycles. The number of nitrogens with zero attached hydrogens (tertiary/aromatic N) is 2. The molecule has 0 amide bonds.